The summed E-state index contributed by atoms with van der Waals surface area (Å²) in [5.74, 6) is -0.521. The Morgan fingerprint density at radius 3 is 2.56 bits per heavy atom. The Morgan fingerprint density at radius 2 is 2.12 bits per heavy atom. The van der Waals surface area contributed by atoms with Gasteiger partial charge in [-0.05, 0) is 26.3 Å². The number of alkyl halides is 3. The lowest BCUT2D eigenvalue weighted by atomic mass is 9.82. The summed E-state index contributed by atoms with van der Waals surface area (Å²) in [6.45, 7) is 1.70. The van der Waals surface area contributed by atoms with E-state index in [1.165, 1.54) is 0 Å². The normalized spacial score (nSPS) is 25.8. The highest BCUT2D eigenvalue weighted by molar-refractivity contribution is 5.85. The molecule has 1 amide bonds. The molecule has 2 N–H and O–H groups in total. The predicted octanol–water partition coefficient (Wildman–Crippen LogP) is 1.48. The molecular weight excluding hydrogens is 245 g/mol. The minimum Gasteiger partial charge on any atom is -0.346 e. The van der Waals surface area contributed by atoms with Gasteiger partial charge < -0.3 is 10.6 Å². The van der Waals surface area contributed by atoms with E-state index in [1.807, 2.05) is 5.32 Å². The van der Waals surface area contributed by atoms with E-state index in [1.54, 1.807) is 6.92 Å². The number of rotatable bonds is 2. The zero-order valence-electron chi connectivity index (χ0n) is 8.99. The van der Waals surface area contributed by atoms with Crippen LogP contribution in [0.1, 0.15) is 19.8 Å². The summed E-state index contributed by atoms with van der Waals surface area (Å²) >= 11 is 0. The quantitative estimate of drug-likeness (QED) is 0.790. The van der Waals surface area contributed by atoms with Crippen molar-refractivity contribution in [3.63, 3.8) is 0 Å². The summed E-state index contributed by atoms with van der Waals surface area (Å²) < 4.78 is 35.6. The lowest BCUT2D eigenvalue weighted by Gasteiger charge is -2.32. The second kappa shape index (κ2) is 5.72. The molecule has 0 aliphatic carbocycles. The molecule has 0 spiro atoms. The van der Waals surface area contributed by atoms with Gasteiger partial charge in [0.2, 0.25) is 5.91 Å². The molecule has 7 heteroatoms. The average molecular weight is 261 g/mol. The number of nitrogens with one attached hydrogen (secondary N) is 2. The first-order chi connectivity index (χ1) is 6.83. The molecule has 16 heavy (non-hydrogen) atoms. The fourth-order valence-corrected chi connectivity index (χ4v) is 1.64. The third-order valence-corrected chi connectivity index (χ3v) is 2.59. The number of carbonyl (C=O) groups is 1. The van der Waals surface area contributed by atoms with Crippen LogP contribution in [0.2, 0.25) is 0 Å². The van der Waals surface area contributed by atoms with E-state index in [2.05, 4.69) is 5.32 Å². The van der Waals surface area contributed by atoms with Crippen LogP contribution in [0.4, 0.5) is 13.2 Å². The summed E-state index contributed by atoms with van der Waals surface area (Å²) in [6, 6.07) is 0. The summed E-state index contributed by atoms with van der Waals surface area (Å²) in [6.07, 6.45) is -2.90. The second-order valence-electron chi connectivity index (χ2n) is 4.14. The zero-order chi connectivity index (χ0) is 11.5. The minimum atomic E-state index is -4.34. The largest absolute Gasteiger partial charge is 0.405 e. The fourth-order valence-electron chi connectivity index (χ4n) is 1.64. The Morgan fingerprint density at radius 1 is 1.50 bits per heavy atom. The molecule has 1 heterocycles. The van der Waals surface area contributed by atoms with Gasteiger partial charge in [0.25, 0.3) is 0 Å². The van der Waals surface area contributed by atoms with E-state index in [0.29, 0.717) is 13.0 Å². The maximum absolute atomic E-state index is 11.9. The molecule has 0 bridgehead atoms. The van der Waals surface area contributed by atoms with Crippen LogP contribution in [0.25, 0.3) is 0 Å². The van der Waals surface area contributed by atoms with Crippen molar-refractivity contribution in [2.75, 3.05) is 19.6 Å². The van der Waals surface area contributed by atoms with Crippen LogP contribution in [0.5, 0.6) is 0 Å². The molecule has 0 aromatic rings. The molecule has 96 valence electrons. The summed E-state index contributed by atoms with van der Waals surface area (Å²) in [5.41, 5.74) is -0.705. The van der Waals surface area contributed by atoms with Crippen LogP contribution in [0, 0.1) is 5.41 Å². The second-order valence-corrected chi connectivity index (χ2v) is 4.14. The van der Waals surface area contributed by atoms with Gasteiger partial charge in [-0.1, -0.05) is 0 Å². The van der Waals surface area contributed by atoms with E-state index in [0.717, 1.165) is 13.0 Å². The maximum atomic E-state index is 11.9. The van der Waals surface area contributed by atoms with Crippen molar-refractivity contribution in [3.05, 3.63) is 0 Å². The third-order valence-electron chi connectivity index (χ3n) is 2.59. The van der Waals surface area contributed by atoms with Crippen LogP contribution < -0.4 is 10.6 Å². The Kier molecular flexibility index (Phi) is 5.55. The number of halogens is 4. The number of hydrogen-bond donors (Lipinski definition) is 2. The van der Waals surface area contributed by atoms with E-state index >= 15 is 0 Å². The summed E-state index contributed by atoms with van der Waals surface area (Å²) in [7, 11) is 0. The molecule has 0 aromatic heterocycles. The van der Waals surface area contributed by atoms with E-state index in [9.17, 15) is 18.0 Å². The number of piperidine rings is 1. The molecular formula is C9H16ClF3N2O. The zero-order valence-corrected chi connectivity index (χ0v) is 9.80. The van der Waals surface area contributed by atoms with Crippen molar-refractivity contribution in [2.24, 2.45) is 5.41 Å². The molecule has 1 aliphatic rings. The Balaban J connectivity index is 0.00000225. The van der Waals surface area contributed by atoms with Crippen molar-refractivity contribution in [2.45, 2.75) is 25.9 Å². The first kappa shape index (κ1) is 15.5. The number of amides is 1. The van der Waals surface area contributed by atoms with Gasteiger partial charge in [0.05, 0.1) is 5.41 Å². The van der Waals surface area contributed by atoms with Crippen molar-refractivity contribution in [1.29, 1.82) is 0 Å². The molecule has 1 saturated heterocycles. The molecule has 1 fully saturated rings. The standard InChI is InChI=1S/C9H15F3N2O.ClH/c1-8(3-2-4-13-5-8)7(15)14-6-9(10,11)12;/h13H,2-6H2,1H3,(H,14,15);1H. The molecule has 1 atom stereocenters. The Hall–Kier alpha value is -0.490. The topological polar surface area (TPSA) is 41.1 Å². The van der Waals surface area contributed by atoms with Crippen molar-refractivity contribution >= 4 is 18.3 Å². The van der Waals surface area contributed by atoms with Crippen LogP contribution in [0.3, 0.4) is 0 Å². The average Bonchev–Trinajstić information content (AvgIpc) is 2.14. The van der Waals surface area contributed by atoms with Gasteiger partial charge >= 0.3 is 6.18 Å². The monoisotopic (exact) mass is 260 g/mol. The summed E-state index contributed by atoms with van der Waals surface area (Å²) in [4.78, 5) is 11.5. The van der Waals surface area contributed by atoms with Crippen LogP contribution in [0.15, 0.2) is 0 Å². The Labute approximate surface area is 98.6 Å². The molecule has 0 saturated carbocycles. The van der Waals surface area contributed by atoms with Gasteiger partial charge in [-0.25, -0.2) is 0 Å². The van der Waals surface area contributed by atoms with Crippen molar-refractivity contribution < 1.29 is 18.0 Å². The smallest absolute Gasteiger partial charge is 0.346 e. The predicted molar refractivity (Wildman–Crippen MR) is 56.5 cm³/mol. The van der Waals surface area contributed by atoms with Gasteiger partial charge in [0, 0.05) is 6.54 Å². The molecule has 1 aliphatic heterocycles. The highest BCUT2D eigenvalue weighted by atomic mass is 35.5. The van der Waals surface area contributed by atoms with E-state index in [-0.39, 0.29) is 12.4 Å². The van der Waals surface area contributed by atoms with Gasteiger partial charge in [0.1, 0.15) is 6.54 Å². The highest BCUT2D eigenvalue weighted by Crippen LogP contribution is 2.25. The first-order valence-electron chi connectivity index (χ1n) is 4.89. The molecule has 1 unspecified atom stereocenters. The first-order valence-corrected chi connectivity index (χ1v) is 4.89. The van der Waals surface area contributed by atoms with Gasteiger partial charge in [-0.3, -0.25) is 4.79 Å². The van der Waals surface area contributed by atoms with E-state index < -0.39 is 24.0 Å². The Bertz CT molecular complexity index is 239. The van der Waals surface area contributed by atoms with E-state index in [4.69, 9.17) is 0 Å². The number of carbonyl (C=O) groups excluding carboxylic acids is 1. The summed E-state index contributed by atoms with van der Waals surface area (Å²) in [5, 5.41) is 4.94. The van der Waals surface area contributed by atoms with Crippen LogP contribution in [-0.4, -0.2) is 31.7 Å². The minimum absolute atomic E-state index is 0. The number of hydrogen-bond acceptors (Lipinski definition) is 2. The molecule has 3 nitrogen and oxygen atoms in total. The SMILES string of the molecule is CC1(C(=O)NCC(F)(F)F)CCCNC1.Cl. The molecule has 1 rings (SSSR count). The lowest BCUT2D eigenvalue weighted by Crippen LogP contribution is -2.50. The fraction of sp³-hybridized carbons (Fsp3) is 0.889. The van der Waals surface area contributed by atoms with Crippen molar-refractivity contribution in [3.8, 4) is 0 Å². The van der Waals surface area contributed by atoms with Gasteiger partial charge in [-0.2, -0.15) is 13.2 Å². The van der Waals surface area contributed by atoms with Crippen LogP contribution in [-0.2, 0) is 4.79 Å². The molecule has 0 radical (unpaired) electrons. The van der Waals surface area contributed by atoms with Gasteiger partial charge in [-0.15, -0.1) is 12.4 Å². The maximum Gasteiger partial charge on any atom is 0.405 e. The highest BCUT2D eigenvalue weighted by Gasteiger charge is 2.37. The lowest BCUT2D eigenvalue weighted by molar-refractivity contribution is -0.144. The van der Waals surface area contributed by atoms with Crippen molar-refractivity contribution in [1.82, 2.24) is 10.6 Å². The third kappa shape index (κ3) is 4.57. The van der Waals surface area contributed by atoms with Gasteiger partial charge in [0.15, 0.2) is 0 Å². The molecule has 0 aromatic carbocycles. The van der Waals surface area contributed by atoms with Crippen LogP contribution >= 0.6 is 12.4 Å².